The van der Waals surface area contributed by atoms with Gasteiger partial charge in [-0.15, -0.1) is 0 Å². The Kier molecular flexibility index (Phi) is 4.71. The fourth-order valence-corrected chi connectivity index (χ4v) is 2.64. The van der Waals surface area contributed by atoms with Crippen LogP contribution < -0.4 is 15.0 Å². The zero-order valence-electron chi connectivity index (χ0n) is 13.2. The van der Waals surface area contributed by atoms with Crippen LogP contribution in [0.25, 0.3) is 0 Å². The molecule has 1 aliphatic heterocycles. The summed E-state index contributed by atoms with van der Waals surface area (Å²) in [6.45, 7) is 1.96. The molecule has 1 aromatic heterocycles. The van der Waals surface area contributed by atoms with Crippen LogP contribution in [0.5, 0.6) is 5.75 Å². The standard InChI is InChI=1S/C17H20N4O2/c1-23-15-8-4-3-7-14(15)20-16(22)13-11-18-17(19-12-13)21-9-5-2-6-10-21/h3-4,7-8,11-12H,2,5-6,9-10H2,1H3,(H,20,22). The first kappa shape index (κ1) is 15.3. The van der Waals surface area contributed by atoms with E-state index >= 15 is 0 Å². The molecule has 0 spiro atoms. The fraction of sp³-hybridized carbons (Fsp3) is 0.353. The first-order valence-electron chi connectivity index (χ1n) is 7.79. The van der Waals surface area contributed by atoms with Crippen LogP contribution in [0.4, 0.5) is 11.6 Å². The monoisotopic (exact) mass is 312 g/mol. The van der Waals surface area contributed by atoms with Gasteiger partial charge in [0.2, 0.25) is 5.95 Å². The van der Waals surface area contributed by atoms with Gasteiger partial charge in [-0.25, -0.2) is 9.97 Å². The van der Waals surface area contributed by atoms with Crippen molar-refractivity contribution in [2.45, 2.75) is 19.3 Å². The van der Waals surface area contributed by atoms with Gasteiger partial charge in [-0.3, -0.25) is 4.79 Å². The molecule has 2 aromatic rings. The Labute approximate surface area is 135 Å². The van der Waals surface area contributed by atoms with Crippen LogP contribution in [0.3, 0.4) is 0 Å². The van der Waals surface area contributed by atoms with Gasteiger partial charge in [0, 0.05) is 25.5 Å². The van der Waals surface area contributed by atoms with E-state index in [1.54, 1.807) is 31.6 Å². The summed E-state index contributed by atoms with van der Waals surface area (Å²) >= 11 is 0. The van der Waals surface area contributed by atoms with Gasteiger partial charge in [0.1, 0.15) is 5.75 Å². The lowest BCUT2D eigenvalue weighted by atomic mass is 10.1. The maximum absolute atomic E-state index is 12.3. The summed E-state index contributed by atoms with van der Waals surface area (Å²) in [6.07, 6.45) is 6.73. The molecule has 6 heteroatoms. The zero-order chi connectivity index (χ0) is 16.1. The van der Waals surface area contributed by atoms with Crippen molar-refractivity contribution >= 4 is 17.5 Å². The van der Waals surface area contributed by atoms with E-state index in [1.165, 1.54) is 19.3 Å². The first-order valence-corrected chi connectivity index (χ1v) is 7.79. The topological polar surface area (TPSA) is 67.3 Å². The maximum atomic E-state index is 12.3. The predicted molar refractivity (Wildman–Crippen MR) is 89.0 cm³/mol. The SMILES string of the molecule is COc1ccccc1NC(=O)c1cnc(N2CCCCC2)nc1. The van der Waals surface area contributed by atoms with E-state index in [0.717, 1.165) is 13.1 Å². The second-order valence-electron chi connectivity index (χ2n) is 5.47. The predicted octanol–water partition coefficient (Wildman–Crippen LogP) is 2.73. The molecule has 3 rings (SSSR count). The quantitative estimate of drug-likeness (QED) is 0.940. The number of carbonyl (C=O) groups excluding carboxylic acids is 1. The van der Waals surface area contributed by atoms with Crippen molar-refractivity contribution in [3.8, 4) is 5.75 Å². The summed E-state index contributed by atoms with van der Waals surface area (Å²) in [4.78, 5) is 23.1. The molecule has 1 aliphatic rings. The van der Waals surface area contributed by atoms with Crippen molar-refractivity contribution in [2.75, 3.05) is 30.4 Å². The van der Waals surface area contributed by atoms with Crippen molar-refractivity contribution in [1.82, 2.24) is 9.97 Å². The van der Waals surface area contributed by atoms with Gasteiger partial charge in [-0.1, -0.05) is 12.1 Å². The Hall–Kier alpha value is -2.63. The van der Waals surface area contributed by atoms with E-state index in [4.69, 9.17) is 4.74 Å². The molecular formula is C17H20N4O2. The van der Waals surface area contributed by atoms with Crippen LogP contribution in [-0.4, -0.2) is 36.1 Å². The highest BCUT2D eigenvalue weighted by Gasteiger charge is 2.15. The molecule has 0 bridgehead atoms. The number of anilines is 2. The number of nitrogens with zero attached hydrogens (tertiary/aromatic N) is 3. The van der Waals surface area contributed by atoms with Crippen molar-refractivity contribution in [3.05, 3.63) is 42.2 Å². The van der Waals surface area contributed by atoms with Gasteiger partial charge in [0.05, 0.1) is 18.4 Å². The second kappa shape index (κ2) is 7.09. The fourth-order valence-electron chi connectivity index (χ4n) is 2.64. The third-order valence-electron chi connectivity index (χ3n) is 3.89. The molecule has 23 heavy (non-hydrogen) atoms. The number of carbonyl (C=O) groups is 1. The Bertz CT molecular complexity index is 667. The largest absolute Gasteiger partial charge is 0.495 e. The van der Waals surface area contributed by atoms with Gasteiger partial charge >= 0.3 is 0 Å². The molecule has 0 radical (unpaired) electrons. The number of methoxy groups -OCH3 is 1. The highest BCUT2D eigenvalue weighted by atomic mass is 16.5. The molecule has 1 amide bonds. The smallest absolute Gasteiger partial charge is 0.258 e. The van der Waals surface area contributed by atoms with E-state index in [-0.39, 0.29) is 5.91 Å². The molecule has 1 fully saturated rings. The van der Waals surface area contributed by atoms with Crippen LogP contribution in [0.15, 0.2) is 36.7 Å². The minimum absolute atomic E-state index is 0.250. The number of para-hydroxylation sites is 2. The molecule has 120 valence electrons. The number of hydrogen-bond donors (Lipinski definition) is 1. The average Bonchev–Trinajstić information content (AvgIpc) is 2.63. The first-order chi connectivity index (χ1) is 11.3. The lowest BCUT2D eigenvalue weighted by Crippen LogP contribution is -2.31. The summed E-state index contributed by atoms with van der Waals surface area (Å²) in [5.74, 6) is 1.06. The van der Waals surface area contributed by atoms with E-state index in [0.29, 0.717) is 22.9 Å². The summed E-state index contributed by atoms with van der Waals surface area (Å²) in [5, 5.41) is 2.82. The third kappa shape index (κ3) is 3.59. The molecule has 1 aromatic carbocycles. The lowest BCUT2D eigenvalue weighted by molar-refractivity contribution is 0.102. The summed E-state index contributed by atoms with van der Waals surface area (Å²) in [7, 11) is 1.57. The number of amides is 1. The highest BCUT2D eigenvalue weighted by molar-refractivity contribution is 6.04. The van der Waals surface area contributed by atoms with Crippen molar-refractivity contribution in [1.29, 1.82) is 0 Å². The highest BCUT2D eigenvalue weighted by Crippen LogP contribution is 2.23. The number of piperidine rings is 1. The van der Waals surface area contributed by atoms with Gasteiger partial charge in [-0.05, 0) is 31.4 Å². The normalized spacial score (nSPS) is 14.4. The number of ether oxygens (including phenoxy) is 1. The molecule has 0 aliphatic carbocycles. The second-order valence-corrected chi connectivity index (χ2v) is 5.47. The minimum Gasteiger partial charge on any atom is -0.495 e. The van der Waals surface area contributed by atoms with E-state index in [9.17, 15) is 4.79 Å². The Morgan fingerprint density at radius 3 is 2.52 bits per heavy atom. The Morgan fingerprint density at radius 1 is 1.13 bits per heavy atom. The van der Waals surface area contributed by atoms with Gasteiger partial charge in [0.15, 0.2) is 0 Å². The Balaban J connectivity index is 1.70. The number of aromatic nitrogens is 2. The van der Waals surface area contributed by atoms with Crippen LogP contribution in [0, 0.1) is 0 Å². The number of hydrogen-bond acceptors (Lipinski definition) is 5. The van der Waals surface area contributed by atoms with E-state index in [2.05, 4.69) is 20.2 Å². The minimum atomic E-state index is -0.250. The van der Waals surface area contributed by atoms with E-state index in [1.807, 2.05) is 12.1 Å². The summed E-state index contributed by atoms with van der Waals surface area (Å²) in [5.41, 5.74) is 1.05. The van der Waals surface area contributed by atoms with Gasteiger partial charge < -0.3 is 15.0 Å². The van der Waals surface area contributed by atoms with Crippen molar-refractivity contribution in [2.24, 2.45) is 0 Å². The van der Waals surface area contributed by atoms with Crippen molar-refractivity contribution in [3.63, 3.8) is 0 Å². The molecule has 0 unspecified atom stereocenters. The summed E-state index contributed by atoms with van der Waals surface area (Å²) < 4.78 is 5.23. The number of benzene rings is 1. The Morgan fingerprint density at radius 2 is 1.83 bits per heavy atom. The van der Waals surface area contributed by atoms with Crippen LogP contribution >= 0.6 is 0 Å². The van der Waals surface area contributed by atoms with Crippen LogP contribution in [0.2, 0.25) is 0 Å². The van der Waals surface area contributed by atoms with E-state index < -0.39 is 0 Å². The third-order valence-corrected chi connectivity index (χ3v) is 3.89. The van der Waals surface area contributed by atoms with Crippen LogP contribution in [-0.2, 0) is 0 Å². The van der Waals surface area contributed by atoms with Gasteiger partial charge in [-0.2, -0.15) is 0 Å². The average molecular weight is 312 g/mol. The molecule has 0 saturated carbocycles. The molecular weight excluding hydrogens is 292 g/mol. The zero-order valence-corrected chi connectivity index (χ0v) is 13.2. The van der Waals surface area contributed by atoms with Crippen molar-refractivity contribution < 1.29 is 9.53 Å². The molecule has 0 atom stereocenters. The van der Waals surface area contributed by atoms with Gasteiger partial charge in [0.25, 0.3) is 5.91 Å². The molecule has 6 nitrogen and oxygen atoms in total. The molecule has 1 N–H and O–H groups in total. The van der Waals surface area contributed by atoms with Crippen LogP contribution in [0.1, 0.15) is 29.6 Å². The lowest BCUT2D eigenvalue weighted by Gasteiger charge is -2.26. The molecule has 1 saturated heterocycles. The summed E-state index contributed by atoms with van der Waals surface area (Å²) in [6, 6.07) is 7.28. The maximum Gasteiger partial charge on any atom is 0.258 e. The number of rotatable bonds is 4. The molecule has 2 heterocycles. The number of nitrogens with one attached hydrogen (secondary N) is 1.